The highest BCUT2D eigenvalue weighted by Crippen LogP contribution is 2.49. The molecule has 1 spiro atoms. The zero-order chi connectivity index (χ0) is 12.8. The monoisotopic (exact) mass is 246 g/mol. The van der Waals surface area contributed by atoms with E-state index in [1.54, 1.807) is 7.11 Å². The summed E-state index contributed by atoms with van der Waals surface area (Å²) in [5.41, 5.74) is 1.58. The van der Waals surface area contributed by atoms with Gasteiger partial charge in [0, 0.05) is 6.54 Å². The summed E-state index contributed by atoms with van der Waals surface area (Å²) in [5.74, 6) is 0.848. The van der Waals surface area contributed by atoms with Gasteiger partial charge in [-0.2, -0.15) is 0 Å². The Kier molecular flexibility index (Phi) is 2.47. The van der Waals surface area contributed by atoms with Crippen LogP contribution in [-0.2, 0) is 4.79 Å². The van der Waals surface area contributed by atoms with Gasteiger partial charge in [0.15, 0.2) is 0 Å². The number of fused-ring (bicyclic) bond motifs is 1. The molecule has 96 valence electrons. The zero-order valence-electron chi connectivity index (χ0n) is 10.8. The van der Waals surface area contributed by atoms with Crippen molar-refractivity contribution in [1.29, 1.82) is 0 Å². The number of hydrogen-bond donors (Lipinski definition) is 1. The van der Waals surface area contributed by atoms with Crippen LogP contribution in [0.3, 0.4) is 0 Å². The highest BCUT2D eigenvalue weighted by Gasteiger charge is 2.52. The molecule has 0 atom stereocenters. The maximum Gasteiger partial charge on any atom is 0.250 e. The van der Waals surface area contributed by atoms with Crippen LogP contribution in [-0.4, -0.2) is 25.1 Å². The quantitative estimate of drug-likeness (QED) is 0.871. The molecule has 0 unspecified atom stereocenters. The number of carbonyl (C=O) groups excluding carboxylic acids is 1. The Balaban J connectivity index is 2.13. The average molecular weight is 246 g/mol. The number of methoxy groups -OCH3 is 1. The van der Waals surface area contributed by atoms with Crippen molar-refractivity contribution in [3.63, 3.8) is 0 Å². The molecule has 1 aromatic carbocycles. The molecule has 0 saturated heterocycles. The van der Waals surface area contributed by atoms with Crippen molar-refractivity contribution in [2.45, 2.75) is 31.7 Å². The number of benzene rings is 1. The van der Waals surface area contributed by atoms with E-state index in [0.717, 1.165) is 42.9 Å². The largest absolute Gasteiger partial charge is 0.494 e. The highest BCUT2D eigenvalue weighted by atomic mass is 16.5. The minimum atomic E-state index is -0.311. The number of carbonyl (C=O) groups is 1. The van der Waals surface area contributed by atoms with E-state index in [9.17, 15) is 4.79 Å². The Morgan fingerprint density at radius 3 is 2.78 bits per heavy atom. The maximum atomic E-state index is 12.4. The fraction of sp³-hybridized carbons (Fsp3) is 0.500. The molecular formula is C14H18N2O2. The van der Waals surface area contributed by atoms with E-state index < -0.39 is 0 Å². The number of amides is 1. The van der Waals surface area contributed by atoms with Crippen molar-refractivity contribution in [3.05, 3.63) is 18.2 Å². The van der Waals surface area contributed by atoms with Gasteiger partial charge in [0.1, 0.15) is 17.0 Å². The van der Waals surface area contributed by atoms with Crippen molar-refractivity contribution in [1.82, 2.24) is 0 Å². The van der Waals surface area contributed by atoms with Crippen LogP contribution < -0.4 is 15.0 Å². The summed E-state index contributed by atoms with van der Waals surface area (Å²) in [6.45, 7) is 2.94. The number of nitrogens with zero attached hydrogens (tertiary/aromatic N) is 1. The molecule has 4 nitrogen and oxygen atoms in total. The molecule has 3 rings (SSSR count). The zero-order valence-corrected chi connectivity index (χ0v) is 10.8. The van der Waals surface area contributed by atoms with E-state index in [4.69, 9.17) is 4.74 Å². The first-order valence-corrected chi connectivity index (χ1v) is 6.49. The molecule has 4 heteroatoms. The van der Waals surface area contributed by atoms with Crippen LogP contribution in [0.5, 0.6) is 5.75 Å². The number of ether oxygens (including phenoxy) is 1. The first kappa shape index (κ1) is 11.4. The van der Waals surface area contributed by atoms with Crippen molar-refractivity contribution in [2.75, 3.05) is 23.9 Å². The second kappa shape index (κ2) is 3.90. The van der Waals surface area contributed by atoms with Crippen LogP contribution >= 0.6 is 0 Å². The lowest BCUT2D eigenvalue weighted by Crippen LogP contribution is -2.63. The molecular weight excluding hydrogens is 228 g/mol. The van der Waals surface area contributed by atoms with E-state index in [0.29, 0.717) is 0 Å². The van der Waals surface area contributed by atoms with Crippen LogP contribution in [0, 0.1) is 0 Å². The molecule has 1 saturated carbocycles. The van der Waals surface area contributed by atoms with Crippen molar-refractivity contribution < 1.29 is 9.53 Å². The SMILES string of the molecule is CCN1c2cccc(OC)c2NC(=O)C12CCC2. The van der Waals surface area contributed by atoms with E-state index in [1.165, 1.54) is 0 Å². The van der Waals surface area contributed by atoms with E-state index in [2.05, 4.69) is 23.2 Å². The molecule has 0 radical (unpaired) electrons. The van der Waals surface area contributed by atoms with Crippen LogP contribution in [0.15, 0.2) is 18.2 Å². The summed E-state index contributed by atoms with van der Waals surface area (Å²) in [6.07, 6.45) is 3.02. The molecule has 1 aliphatic carbocycles. The average Bonchev–Trinajstić information content (AvgIpc) is 2.34. The van der Waals surface area contributed by atoms with Gasteiger partial charge < -0.3 is 15.0 Å². The van der Waals surface area contributed by atoms with Gasteiger partial charge in [0.05, 0.1) is 12.8 Å². The summed E-state index contributed by atoms with van der Waals surface area (Å²) in [6, 6.07) is 5.91. The standard InChI is InChI=1S/C14H18N2O2/c1-3-16-10-6-4-7-11(18-2)12(10)15-13(17)14(16)8-5-9-14/h4,6-7H,3,5,8-9H2,1-2H3,(H,15,17). The van der Waals surface area contributed by atoms with Crippen LogP contribution in [0.25, 0.3) is 0 Å². The van der Waals surface area contributed by atoms with E-state index >= 15 is 0 Å². The second-order valence-electron chi connectivity index (χ2n) is 4.94. The Labute approximate surface area is 107 Å². The third kappa shape index (κ3) is 1.29. The third-order valence-corrected chi connectivity index (χ3v) is 4.19. The molecule has 0 aromatic heterocycles. The topological polar surface area (TPSA) is 41.6 Å². The summed E-state index contributed by atoms with van der Waals surface area (Å²) in [5, 5.41) is 3.03. The molecule has 0 bridgehead atoms. The highest BCUT2D eigenvalue weighted by molar-refractivity contribution is 6.08. The van der Waals surface area contributed by atoms with Crippen molar-refractivity contribution >= 4 is 17.3 Å². The smallest absolute Gasteiger partial charge is 0.250 e. The van der Waals surface area contributed by atoms with Crippen LogP contribution in [0.4, 0.5) is 11.4 Å². The second-order valence-corrected chi connectivity index (χ2v) is 4.94. The summed E-state index contributed by atoms with van der Waals surface area (Å²) >= 11 is 0. The van der Waals surface area contributed by atoms with Crippen molar-refractivity contribution in [3.8, 4) is 5.75 Å². The number of likely N-dealkylation sites (N-methyl/N-ethyl adjacent to an activating group) is 1. The normalized spacial score (nSPS) is 20.1. The third-order valence-electron chi connectivity index (χ3n) is 4.19. The summed E-state index contributed by atoms with van der Waals surface area (Å²) in [7, 11) is 1.63. The van der Waals surface area contributed by atoms with E-state index in [-0.39, 0.29) is 11.4 Å². The lowest BCUT2D eigenvalue weighted by atomic mass is 9.73. The first-order valence-electron chi connectivity index (χ1n) is 6.49. The lowest BCUT2D eigenvalue weighted by molar-refractivity contribution is -0.124. The number of para-hydroxylation sites is 1. The predicted octanol–water partition coefficient (Wildman–Crippen LogP) is 2.40. The fourth-order valence-electron chi connectivity index (χ4n) is 3.10. The van der Waals surface area contributed by atoms with Gasteiger partial charge in [0.2, 0.25) is 5.91 Å². The molecule has 1 aliphatic heterocycles. The van der Waals surface area contributed by atoms with Crippen molar-refractivity contribution in [2.24, 2.45) is 0 Å². The molecule has 1 fully saturated rings. The molecule has 1 amide bonds. The van der Waals surface area contributed by atoms with Gasteiger partial charge in [-0.25, -0.2) is 0 Å². The molecule has 18 heavy (non-hydrogen) atoms. The van der Waals surface area contributed by atoms with Gasteiger partial charge in [-0.3, -0.25) is 4.79 Å². The van der Waals surface area contributed by atoms with Crippen LogP contribution in [0.2, 0.25) is 0 Å². The van der Waals surface area contributed by atoms with Gasteiger partial charge in [-0.15, -0.1) is 0 Å². The molecule has 2 aliphatic rings. The minimum Gasteiger partial charge on any atom is -0.494 e. The number of hydrogen-bond acceptors (Lipinski definition) is 3. The number of nitrogens with one attached hydrogen (secondary N) is 1. The first-order chi connectivity index (χ1) is 8.73. The predicted molar refractivity (Wildman–Crippen MR) is 71.2 cm³/mol. The lowest BCUT2D eigenvalue weighted by Gasteiger charge is -2.52. The van der Waals surface area contributed by atoms with Gasteiger partial charge in [0.25, 0.3) is 0 Å². The van der Waals surface area contributed by atoms with Gasteiger partial charge in [-0.1, -0.05) is 6.07 Å². The fourth-order valence-corrected chi connectivity index (χ4v) is 3.10. The summed E-state index contributed by atoms with van der Waals surface area (Å²) < 4.78 is 5.33. The Hall–Kier alpha value is -1.71. The molecule has 1 heterocycles. The van der Waals surface area contributed by atoms with Gasteiger partial charge in [-0.05, 0) is 38.3 Å². The molecule has 1 aromatic rings. The van der Waals surface area contributed by atoms with Gasteiger partial charge >= 0.3 is 0 Å². The Bertz CT molecular complexity index is 495. The minimum absolute atomic E-state index is 0.118. The van der Waals surface area contributed by atoms with E-state index in [1.807, 2.05) is 12.1 Å². The van der Waals surface area contributed by atoms with Crippen LogP contribution in [0.1, 0.15) is 26.2 Å². The molecule has 1 N–H and O–H groups in total. The summed E-state index contributed by atoms with van der Waals surface area (Å²) in [4.78, 5) is 14.6. The number of rotatable bonds is 2. The Morgan fingerprint density at radius 1 is 1.44 bits per heavy atom. The Morgan fingerprint density at radius 2 is 2.22 bits per heavy atom. The number of anilines is 2. The maximum absolute atomic E-state index is 12.4.